The molecule has 1 aromatic carbocycles. The topological polar surface area (TPSA) is 40.5 Å². The molecule has 0 bridgehead atoms. The smallest absolute Gasteiger partial charge is 0.374 e. The molecule has 1 aromatic rings. The molecule has 1 fully saturated rings. The first kappa shape index (κ1) is 23.3. The first-order valence-corrected chi connectivity index (χ1v) is 10.3. The van der Waals surface area contributed by atoms with Gasteiger partial charge in [-0.2, -0.15) is 13.2 Å². The van der Waals surface area contributed by atoms with E-state index in [-0.39, 0.29) is 12.3 Å². The molecule has 168 valence electrons. The van der Waals surface area contributed by atoms with Crippen LogP contribution in [0.4, 0.5) is 17.6 Å². The van der Waals surface area contributed by atoms with Crippen LogP contribution in [0.25, 0.3) is 0 Å². The molecule has 0 radical (unpaired) electrons. The van der Waals surface area contributed by atoms with E-state index in [4.69, 9.17) is 0 Å². The third-order valence-corrected chi connectivity index (χ3v) is 6.00. The van der Waals surface area contributed by atoms with Crippen LogP contribution < -0.4 is 0 Å². The zero-order valence-electron chi connectivity index (χ0n) is 17.9. The highest BCUT2D eigenvalue weighted by Crippen LogP contribution is 2.54. The molecule has 1 N–H and O–H groups in total. The van der Waals surface area contributed by atoms with Crippen LogP contribution in [0.3, 0.4) is 0 Å². The van der Waals surface area contributed by atoms with E-state index in [9.17, 15) is 27.5 Å². The SMILES string of the molecule is C/C=C1\C(=C/C2=CC(C)(F)C2(O)C(F)(F)F)CCCCN1C(=O)Cc1cccc(C)c1. The average molecular weight is 437 g/mol. The van der Waals surface area contributed by atoms with E-state index in [1.807, 2.05) is 31.2 Å². The Morgan fingerprint density at radius 1 is 1.29 bits per heavy atom. The summed E-state index contributed by atoms with van der Waals surface area (Å²) in [5.74, 6) is -0.157. The van der Waals surface area contributed by atoms with E-state index in [2.05, 4.69) is 0 Å². The maximum absolute atomic E-state index is 14.3. The van der Waals surface area contributed by atoms with Gasteiger partial charge in [-0.3, -0.25) is 4.79 Å². The van der Waals surface area contributed by atoms with E-state index < -0.39 is 23.0 Å². The van der Waals surface area contributed by atoms with Gasteiger partial charge in [-0.1, -0.05) is 42.0 Å². The number of carbonyl (C=O) groups is 1. The second-order valence-electron chi connectivity index (χ2n) is 8.40. The Balaban J connectivity index is 1.92. The number of halogens is 4. The van der Waals surface area contributed by atoms with Crippen LogP contribution in [0.5, 0.6) is 0 Å². The fraction of sp³-hybridized carbons (Fsp3) is 0.458. The zero-order chi connectivity index (χ0) is 23.0. The van der Waals surface area contributed by atoms with Crippen LogP contribution in [-0.2, 0) is 11.2 Å². The van der Waals surface area contributed by atoms with Gasteiger partial charge in [0, 0.05) is 12.2 Å². The average Bonchev–Trinajstić information content (AvgIpc) is 2.88. The summed E-state index contributed by atoms with van der Waals surface area (Å²) in [6.07, 6.45) is 0.490. The summed E-state index contributed by atoms with van der Waals surface area (Å²) in [7, 11) is 0. The number of benzene rings is 1. The molecular formula is C24H27F4NO2. The highest BCUT2D eigenvalue weighted by Gasteiger charge is 2.71. The number of aliphatic hydroxyl groups is 1. The first-order chi connectivity index (χ1) is 14.4. The number of hydrogen-bond acceptors (Lipinski definition) is 2. The summed E-state index contributed by atoms with van der Waals surface area (Å²) >= 11 is 0. The van der Waals surface area contributed by atoms with Crippen molar-refractivity contribution in [3.05, 3.63) is 70.5 Å². The molecule has 7 heteroatoms. The minimum Gasteiger partial charge on any atom is -0.374 e. The predicted octanol–water partition coefficient (Wildman–Crippen LogP) is 5.34. The number of aryl methyl sites for hydroxylation is 1. The molecule has 2 atom stereocenters. The van der Waals surface area contributed by atoms with Gasteiger partial charge in [-0.15, -0.1) is 0 Å². The minimum absolute atomic E-state index is 0.157. The molecular weight excluding hydrogens is 410 g/mol. The Morgan fingerprint density at radius 3 is 2.58 bits per heavy atom. The fourth-order valence-electron chi connectivity index (χ4n) is 4.33. The summed E-state index contributed by atoms with van der Waals surface area (Å²) in [4.78, 5) is 14.6. The lowest BCUT2D eigenvalue weighted by atomic mass is 9.67. The molecule has 3 rings (SSSR count). The van der Waals surface area contributed by atoms with Gasteiger partial charge in [0.15, 0.2) is 5.67 Å². The third kappa shape index (κ3) is 4.20. The van der Waals surface area contributed by atoms with Gasteiger partial charge in [-0.25, -0.2) is 4.39 Å². The van der Waals surface area contributed by atoms with Crippen LogP contribution in [0.1, 0.15) is 44.2 Å². The van der Waals surface area contributed by atoms with Crippen molar-refractivity contribution in [1.82, 2.24) is 4.90 Å². The Bertz CT molecular complexity index is 959. The van der Waals surface area contributed by atoms with E-state index in [1.54, 1.807) is 17.9 Å². The molecule has 1 saturated heterocycles. The van der Waals surface area contributed by atoms with Crippen molar-refractivity contribution in [2.75, 3.05) is 6.54 Å². The van der Waals surface area contributed by atoms with Crippen LogP contribution >= 0.6 is 0 Å². The lowest BCUT2D eigenvalue weighted by molar-refractivity contribution is -0.285. The van der Waals surface area contributed by atoms with Crippen molar-refractivity contribution in [3.63, 3.8) is 0 Å². The summed E-state index contributed by atoms with van der Waals surface area (Å²) < 4.78 is 54.8. The standard InChI is InChI=1S/C24H27F4NO2/c1-4-20-18(14-19-15-22(3,25)23(19,31)24(26,27)28)10-5-6-11-29(20)21(30)13-17-9-7-8-16(2)12-17/h4,7-9,12,14-15,31H,5-6,10-11,13H2,1-3H3/b18-14-,20-4+. The molecule has 31 heavy (non-hydrogen) atoms. The maximum atomic E-state index is 14.3. The van der Waals surface area contributed by atoms with Crippen molar-refractivity contribution in [2.45, 2.75) is 63.9 Å². The minimum atomic E-state index is -5.15. The van der Waals surface area contributed by atoms with Gasteiger partial charge in [0.2, 0.25) is 11.5 Å². The van der Waals surface area contributed by atoms with Crippen LogP contribution in [0.15, 0.2) is 59.3 Å². The summed E-state index contributed by atoms with van der Waals surface area (Å²) in [5, 5.41) is 10.2. The van der Waals surface area contributed by atoms with Gasteiger partial charge in [0.05, 0.1) is 6.42 Å². The summed E-state index contributed by atoms with van der Waals surface area (Å²) in [5.41, 5.74) is -4.10. The Morgan fingerprint density at radius 2 is 2.00 bits per heavy atom. The van der Waals surface area contributed by atoms with E-state index >= 15 is 0 Å². The molecule has 1 amide bonds. The van der Waals surface area contributed by atoms with Gasteiger partial charge in [-0.05, 0) is 62.8 Å². The lowest BCUT2D eigenvalue weighted by Gasteiger charge is -2.47. The van der Waals surface area contributed by atoms with Crippen LogP contribution in [-0.4, -0.2) is 39.9 Å². The number of amides is 1. The van der Waals surface area contributed by atoms with E-state index in [0.717, 1.165) is 17.2 Å². The van der Waals surface area contributed by atoms with Crippen molar-refractivity contribution in [3.8, 4) is 0 Å². The maximum Gasteiger partial charge on any atom is 0.424 e. The fourth-order valence-corrected chi connectivity index (χ4v) is 4.33. The summed E-state index contributed by atoms with van der Waals surface area (Å²) in [6, 6.07) is 7.59. The number of nitrogens with zero attached hydrogens (tertiary/aromatic N) is 1. The van der Waals surface area contributed by atoms with Crippen molar-refractivity contribution >= 4 is 5.91 Å². The molecule has 1 heterocycles. The van der Waals surface area contributed by atoms with Gasteiger partial charge in [0.25, 0.3) is 0 Å². The highest BCUT2D eigenvalue weighted by atomic mass is 19.4. The highest BCUT2D eigenvalue weighted by molar-refractivity contribution is 5.81. The first-order valence-electron chi connectivity index (χ1n) is 10.3. The molecule has 0 spiro atoms. The molecule has 1 aliphatic heterocycles. The van der Waals surface area contributed by atoms with E-state index in [1.165, 1.54) is 6.08 Å². The number of likely N-dealkylation sites (tertiary alicyclic amines) is 1. The molecule has 0 saturated carbocycles. The lowest BCUT2D eigenvalue weighted by Crippen LogP contribution is -2.65. The third-order valence-electron chi connectivity index (χ3n) is 6.00. The molecule has 3 nitrogen and oxygen atoms in total. The van der Waals surface area contributed by atoms with Crippen molar-refractivity contribution in [1.29, 1.82) is 0 Å². The number of alkyl halides is 4. The van der Waals surface area contributed by atoms with Crippen molar-refractivity contribution < 1.29 is 27.5 Å². The Labute approximate surface area is 179 Å². The zero-order valence-corrected chi connectivity index (χ0v) is 17.9. The predicted molar refractivity (Wildman–Crippen MR) is 111 cm³/mol. The Kier molecular flexibility index (Phi) is 6.20. The largest absolute Gasteiger partial charge is 0.424 e. The van der Waals surface area contributed by atoms with Gasteiger partial charge in [0.1, 0.15) is 0 Å². The van der Waals surface area contributed by atoms with E-state index in [0.29, 0.717) is 44.0 Å². The number of rotatable bonds is 3. The normalized spacial score (nSPS) is 29.5. The molecule has 1 aliphatic carbocycles. The van der Waals surface area contributed by atoms with Crippen LogP contribution in [0, 0.1) is 6.92 Å². The molecule has 2 aliphatic rings. The summed E-state index contributed by atoms with van der Waals surface area (Å²) in [6.45, 7) is 4.81. The number of hydrogen-bond donors (Lipinski definition) is 1. The van der Waals surface area contributed by atoms with Gasteiger partial charge >= 0.3 is 6.18 Å². The second kappa shape index (κ2) is 8.26. The number of carbonyl (C=O) groups excluding carboxylic acids is 1. The Hall–Kier alpha value is -2.41. The molecule has 2 unspecified atom stereocenters. The van der Waals surface area contributed by atoms with Gasteiger partial charge < -0.3 is 10.0 Å². The van der Waals surface area contributed by atoms with Crippen molar-refractivity contribution in [2.24, 2.45) is 0 Å². The molecule has 0 aromatic heterocycles. The second-order valence-corrected chi connectivity index (χ2v) is 8.40. The monoisotopic (exact) mass is 437 g/mol. The number of allylic oxidation sites excluding steroid dienone is 2. The quantitative estimate of drug-likeness (QED) is 0.649. The van der Waals surface area contributed by atoms with Crippen LogP contribution in [0.2, 0.25) is 0 Å².